The van der Waals surface area contributed by atoms with E-state index in [4.69, 9.17) is 9.47 Å². The summed E-state index contributed by atoms with van der Waals surface area (Å²) in [4.78, 5) is 26.5. The smallest absolute Gasteiger partial charge is 0.162 e. The van der Waals surface area contributed by atoms with Gasteiger partial charge in [-0.25, -0.2) is 0 Å². The molecule has 8 atom stereocenters. The summed E-state index contributed by atoms with van der Waals surface area (Å²) in [5, 5.41) is 10.2. The Morgan fingerprint density at radius 3 is 2.66 bits per heavy atom. The van der Waals surface area contributed by atoms with Crippen LogP contribution in [-0.2, 0) is 19.1 Å². The molecule has 4 fully saturated rings. The van der Waals surface area contributed by atoms with Crippen molar-refractivity contribution in [3.8, 4) is 0 Å². The molecule has 4 rings (SSSR count). The van der Waals surface area contributed by atoms with Crippen LogP contribution in [0.1, 0.15) is 65.2 Å². The van der Waals surface area contributed by atoms with Crippen molar-refractivity contribution in [3.63, 3.8) is 0 Å². The summed E-state index contributed by atoms with van der Waals surface area (Å²) in [7, 11) is 1.63. The molecule has 4 saturated carbocycles. The minimum Gasteiger partial charge on any atom is -0.393 e. The van der Waals surface area contributed by atoms with E-state index in [1.165, 1.54) is 0 Å². The number of methoxy groups -OCH3 is 1. The highest BCUT2D eigenvalue weighted by molar-refractivity contribution is 5.88. The van der Waals surface area contributed by atoms with Crippen molar-refractivity contribution in [2.45, 2.75) is 71.3 Å². The molecular formula is C24H38O5. The molecule has 0 aromatic heterocycles. The molecule has 4 aliphatic carbocycles. The summed E-state index contributed by atoms with van der Waals surface area (Å²) in [6.07, 6.45) is 7.14. The number of carbonyl (C=O) groups is 2. The van der Waals surface area contributed by atoms with Crippen molar-refractivity contribution in [3.05, 3.63) is 0 Å². The second-order valence-corrected chi connectivity index (χ2v) is 10.7. The molecular weight excluding hydrogens is 368 g/mol. The van der Waals surface area contributed by atoms with Crippen LogP contribution in [0.3, 0.4) is 0 Å². The third kappa shape index (κ3) is 3.51. The molecule has 0 aliphatic heterocycles. The topological polar surface area (TPSA) is 72.8 Å². The van der Waals surface area contributed by atoms with Crippen LogP contribution < -0.4 is 0 Å². The number of ketones is 2. The predicted octanol–water partition coefficient (Wildman–Crippen LogP) is 3.42. The van der Waals surface area contributed by atoms with Crippen LogP contribution in [0.2, 0.25) is 0 Å². The number of fused-ring (bicyclic) bond motifs is 5. The maximum atomic E-state index is 13.6. The van der Waals surface area contributed by atoms with Crippen molar-refractivity contribution in [2.75, 3.05) is 26.9 Å². The van der Waals surface area contributed by atoms with Crippen LogP contribution in [0.15, 0.2) is 0 Å². The Hall–Kier alpha value is -0.780. The first-order valence-corrected chi connectivity index (χ1v) is 11.6. The molecule has 5 heteroatoms. The molecule has 164 valence electrons. The van der Waals surface area contributed by atoms with Gasteiger partial charge in [-0.2, -0.15) is 0 Å². The van der Waals surface area contributed by atoms with Crippen LogP contribution in [0.5, 0.6) is 0 Å². The highest BCUT2D eigenvalue weighted by Crippen LogP contribution is 2.66. The molecule has 0 amide bonds. The molecule has 0 aromatic rings. The monoisotopic (exact) mass is 406 g/mol. The molecule has 1 N–H and O–H groups in total. The molecule has 0 radical (unpaired) electrons. The first-order valence-electron chi connectivity index (χ1n) is 11.6. The van der Waals surface area contributed by atoms with E-state index >= 15 is 0 Å². The number of aliphatic hydroxyl groups is 1. The molecule has 0 bridgehead atoms. The number of hydrogen-bond donors (Lipinski definition) is 1. The molecule has 0 spiro atoms. The van der Waals surface area contributed by atoms with Crippen LogP contribution >= 0.6 is 0 Å². The Bertz CT molecular complexity index is 647. The fraction of sp³-hybridized carbons (Fsp3) is 0.917. The first kappa shape index (κ1) is 21.5. The van der Waals surface area contributed by atoms with Crippen molar-refractivity contribution in [2.24, 2.45) is 40.4 Å². The second-order valence-electron chi connectivity index (χ2n) is 10.7. The SMILES string of the molecule is COCCOCC(=O)[C@H]1CC[C@H]2[C@@H]3CC[C@H]4C[C@H](O)CC[C@]4(C)[C@H]3C(=O)C[C@]12C. The van der Waals surface area contributed by atoms with E-state index in [2.05, 4.69) is 13.8 Å². The number of Topliss-reactive ketones (excluding diaryl/α,β-unsaturated/α-hetero) is 2. The standard InChI is InChI=1S/C24H38O5/c1-23-9-8-16(25)12-15(23)4-5-17-18-6-7-19(21(27)14-29-11-10-28-3)24(18,2)13-20(26)22(17)23/h15-19,22,25H,4-14H2,1-3H3/t15-,16+,17-,18-,19+,22+,23-,24-/m0/s1. The van der Waals surface area contributed by atoms with Crippen LogP contribution in [0.25, 0.3) is 0 Å². The molecule has 29 heavy (non-hydrogen) atoms. The summed E-state index contributed by atoms with van der Waals surface area (Å²) in [6, 6.07) is 0. The lowest BCUT2D eigenvalue weighted by atomic mass is 9.44. The van der Waals surface area contributed by atoms with Crippen LogP contribution in [0, 0.1) is 40.4 Å². The van der Waals surface area contributed by atoms with Crippen LogP contribution in [0.4, 0.5) is 0 Å². The van der Waals surface area contributed by atoms with E-state index in [0.717, 1.165) is 44.9 Å². The van der Waals surface area contributed by atoms with E-state index in [9.17, 15) is 14.7 Å². The van der Waals surface area contributed by atoms with Gasteiger partial charge in [0.15, 0.2) is 5.78 Å². The number of hydrogen-bond acceptors (Lipinski definition) is 5. The highest BCUT2D eigenvalue weighted by atomic mass is 16.5. The summed E-state index contributed by atoms with van der Waals surface area (Å²) >= 11 is 0. The zero-order valence-electron chi connectivity index (χ0n) is 18.3. The van der Waals surface area contributed by atoms with Gasteiger partial charge in [-0.1, -0.05) is 13.8 Å². The third-order valence-electron chi connectivity index (χ3n) is 9.39. The van der Waals surface area contributed by atoms with Crippen LogP contribution in [-0.4, -0.2) is 49.7 Å². The summed E-state index contributed by atoms with van der Waals surface area (Å²) in [5.41, 5.74) is -0.177. The molecule has 4 aliphatic rings. The molecule has 0 saturated heterocycles. The van der Waals surface area contributed by atoms with Gasteiger partial charge in [-0.05, 0) is 73.5 Å². The van der Waals surface area contributed by atoms with Gasteiger partial charge in [0.05, 0.1) is 19.3 Å². The average Bonchev–Trinajstić information content (AvgIpc) is 3.02. The Morgan fingerprint density at radius 2 is 1.90 bits per heavy atom. The van der Waals surface area contributed by atoms with E-state index < -0.39 is 0 Å². The fourth-order valence-electron chi connectivity index (χ4n) is 7.99. The van der Waals surface area contributed by atoms with E-state index in [1.807, 2.05) is 0 Å². The minimum atomic E-state index is -0.211. The van der Waals surface area contributed by atoms with Crippen molar-refractivity contribution in [1.82, 2.24) is 0 Å². The van der Waals surface area contributed by atoms with Gasteiger partial charge in [-0.3, -0.25) is 9.59 Å². The summed E-state index contributed by atoms with van der Waals surface area (Å²) in [5.74, 6) is 1.95. The van der Waals surface area contributed by atoms with E-state index in [0.29, 0.717) is 43.2 Å². The van der Waals surface area contributed by atoms with Gasteiger partial charge in [-0.15, -0.1) is 0 Å². The quantitative estimate of drug-likeness (QED) is 0.684. The van der Waals surface area contributed by atoms with Gasteiger partial charge >= 0.3 is 0 Å². The number of aliphatic hydroxyl groups excluding tert-OH is 1. The van der Waals surface area contributed by atoms with Gasteiger partial charge in [0.1, 0.15) is 12.4 Å². The number of rotatable bonds is 6. The minimum absolute atomic E-state index is 0.0337. The lowest BCUT2D eigenvalue weighted by Crippen LogP contribution is -2.58. The zero-order chi connectivity index (χ0) is 20.8. The highest BCUT2D eigenvalue weighted by Gasteiger charge is 2.63. The van der Waals surface area contributed by atoms with Gasteiger partial charge in [0.2, 0.25) is 0 Å². The molecule has 0 heterocycles. The predicted molar refractivity (Wildman–Crippen MR) is 109 cm³/mol. The lowest BCUT2D eigenvalue weighted by Gasteiger charge is -2.59. The van der Waals surface area contributed by atoms with E-state index in [-0.39, 0.29) is 41.2 Å². The van der Waals surface area contributed by atoms with Gasteiger partial charge in [0, 0.05) is 25.4 Å². The Morgan fingerprint density at radius 1 is 1.10 bits per heavy atom. The Labute approximate surface area is 174 Å². The molecule has 5 nitrogen and oxygen atoms in total. The van der Waals surface area contributed by atoms with Crippen molar-refractivity contribution in [1.29, 1.82) is 0 Å². The average molecular weight is 407 g/mol. The lowest BCUT2D eigenvalue weighted by molar-refractivity contribution is -0.163. The number of carbonyl (C=O) groups excluding carboxylic acids is 2. The maximum Gasteiger partial charge on any atom is 0.162 e. The largest absolute Gasteiger partial charge is 0.393 e. The summed E-state index contributed by atoms with van der Waals surface area (Å²) < 4.78 is 10.5. The number of ether oxygens (including phenoxy) is 2. The first-order chi connectivity index (χ1) is 13.8. The van der Waals surface area contributed by atoms with Gasteiger partial charge < -0.3 is 14.6 Å². The Kier molecular flexibility index (Phi) is 5.95. The van der Waals surface area contributed by atoms with Gasteiger partial charge in [0.25, 0.3) is 0 Å². The third-order valence-corrected chi connectivity index (χ3v) is 9.39. The maximum absolute atomic E-state index is 13.6. The van der Waals surface area contributed by atoms with Crippen molar-refractivity contribution >= 4 is 11.6 Å². The zero-order valence-corrected chi connectivity index (χ0v) is 18.3. The molecule has 0 unspecified atom stereocenters. The summed E-state index contributed by atoms with van der Waals surface area (Å²) in [6.45, 7) is 5.59. The fourth-order valence-corrected chi connectivity index (χ4v) is 7.99. The van der Waals surface area contributed by atoms with Crippen molar-refractivity contribution < 1.29 is 24.2 Å². The van der Waals surface area contributed by atoms with E-state index in [1.54, 1.807) is 7.11 Å². The Balaban J connectivity index is 1.51. The normalized spacial score (nSPS) is 46.7. The molecule has 0 aromatic carbocycles. The second kappa shape index (κ2) is 8.05.